The van der Waals surface area contributed by atoms with E-state index >= 15 is 0 Å². The van der Waals surface area contributed by atoms with Gasteiger partial charge in [-0.1, -0.05) is 24.8 Å². The topological polar surface area (TPSA) is 26.0 Å². The monoisotopic (exact) mass is 299 g/mol. The molecule has 0 amide bonds. The van der Waals surface area contributed by atoms with E-state index in [0.29, 0.717) is 6.54 Å². The van der Waals surface area contributed by atoms with Crippen LogP contribution in [0.4, 0.5) is 0 Å². The van der Waals surface area contributed by atoms with Crippen molar-refractivity contribution in [2.45, 2.75) is 32.1 Å². The second-order valence-corrected chi connectivity index (χ2v) is 6.19. The van der Waals surface area contributed by atoms with E-state index in [4.69, 9.17) is 5.73 Å². The molecule has 3 heteroatoms. The summed E-state index contributed by atoms with van der Waals surface area (Å²) >= 11 is 5.35. The molecule has 88 valence electrons. The Morgan fingerprint density at radius 3 is 2.75 bits per heavy atom. The van der Waals surface area contributed by atoms with Crippen molar-refractivity contribution in [1.29, 1.82) is 0 Å². The maximum Gasteiger partial charge on any atom is 0.0412 e. The Labute approximate surface area is 110 Å². The first-order valence-corrected chi connectivity index (χ1v) is 7.62. The maximum atomic E-state index is 5.89. The van der Waals surface area contributed by atoms with Gasteiger partial charge in [-0.2, -0.15) is 0 Å². The molecule has 2 rings (SSSR count). The van der Waals surface area contributed by atoms with E-state index in [-0.39, 0.29) is 0 Å². The third-order valence-electron chi connectivity index (χ3n) is 3.33. The SMILES string of the molecule is NC/C(=C/c1sccc1Br)C1CCCCC1. The largest absolute Gasteiger partial charge is 0.327 e. The minimum atomic E-state index is 0.703. The summed E-state index contributed by atoms with van der Waals surface area (Å²) in [5.41, 5.74) is 7.32. The van der Waals surface area contributed by atoms with Gasteiger partial charge in [0.2, 0.25) is 0 Å². The van der Waals surface area contributed by atoms with Crippen molar-refractivity contribution in [3.8, 4) is 0 Å². The molecular formula is C13H18BrNS. The maximum absolute atomic E-state index is 5.89. The molecule has 1 aromatic heterocycles. The highest BCUT2D eigenvalue weighted by Crippen LogP contribution is 2.32. The van der Waals surface area contributed by atoms with E-state index in [2.05, 4.69) is 33.5 Å². The van der Waals surface area contributed by atoms with E-state index in [1.54, 1.807) is 11.3 Å². The summed E-state index contributed by atoms with van der Waals surface area (Å²) < 4.78 is 1.19. The van der Waals surface area contributed by atoms with E-state index in [1.807, 2.05) is 0 Å². The molecule has 1 heterocycles. The van der Waals surface area contributed by atoms with E-state index in [0.717, 1.165) is 5.92 Å². The van der Waals surface area contributed by atoms with Gasteiger partial charge in [0.15, 0.2) is 0 Å². The highest BCUT2D eigenvalue weighted by Gasteiger charge is 2.17. The van der Waals surface area contributed by atoms with Gasteiger partial charge in [-0.3, -0.25) is 0 Å². The number of rotatable bonds is 3. The lowest BCUT2D eigenvalue weighted by Crippen LogP contribution is -2.15. The van der Waals surface area contributed by atoms with Crippen LogP contribution in [0.2, 0.25) is 0 Å². The van der Waals surface area contributed by atoms with Gasteiger partial charge in [0.05, 0.1) is 0 Å². The summed E-state index contributed by atoms with van der Waals surface area (Å²) in [5.74, 6) is 0.729. The molecule has 2 N–H and O–H groups in total. The lowest BCUT2D eigenvalue weighted by atomic mass is 9.83. The Kier molecular flexibility index (Phi) is 4.62. The molecule has 0 saturated heterocycles. The van der Waals surface area contributed by atoms with Crippen molar-refractivity contribution < 1.29 is 0 Å². The molecule has 1 aromatic rings. The van der Waals surface area contributed by atoms with Crippen molar-refractivity contribution >= 4 is 33.3 Å². The lowest BCUT2D eigenvalue weighted by Gasteiger charge is -2.23. The van der Waals surface area contributed by atoms with Gasteiger partial charge < -0.3 is 5.73 Å². The zero-order valence-electron chi connectivity index (χ0n) is 9.42. The fourth-order valence-electron chi connectivity index (χ4n) is 2.39. The predicted molar refractivity (Wildman–Crippen MR) is 75.6 cm³/mol. The minimum absolute atomic E-state index is 0.703. The van der Waals surface area contributed by atoms with Crippen LogP contribution in [0.1, 0.15) is 37.0 Å². The number of halogens is 1. The lowest BCUT2D eigenvalue weighted by molar-refractivity contribution is 0.401. The molecule has 0 radical (unpaired) electrons. The number of thiophene rings is 1. The van der Waals surface area contributed by atoms with Gasteiger partial charge in [-0.15, -0.1) is 11.3 Å². The molecule has 0 aromatic carbocycles. The summed E-state index contributed by atoms with van der Waals surface area (Å²) in [7, 11) is 0. The predicted octanol–water partition coefficient (Wildman–Crippen LogP) is 4.43. The normalized spacial score (nSPS) is 19.0. The zero-order valence-corrected chi connectivity index (χ0v) is 11.8. The minimum Gasteiger partial charge on any atom is -0.327 e. The van der Waals surface area contributed by atoms with Crippen LogP contribution in [-0.4, -0.2) is 6.54 Å². The van der Waals surface area contributed by atoms with Gasteiger partial charge in [0.25, 0.3) is 0 Å². The summed E-state index contributed by atoms with van der Waals surface area (Å²) in [5, 5.41) is 2.12. The first-order chi connectivity index (χ1) is 7.81. The Morgan fingerprint density at radius 2 is 2.19 bits per heavy atom. The van der Waals surface area contributed by atoms with E-state index < -0.39 is 0 Å². The molecule has 1 aliphatic rings. The summed E-state index contributed by atoms with van der Waals surface area (Å²) in [6.45, 7) is 0.703. The van der Waals surface area contributed by atoms with Crippen LogP contribution in [0.25, 0.3) is 6.08 Å². The summed E-state index contributed by atoms with van der Waals surface area (Å²) in [4.78, 5) is 1.31. The molecule has 0 spiro atoms. The second-order valence-electron chi connectivity index (χ2n) is 4.39. The fourth-order valence-corrected chi connectivity index (χ4v) is 3.85. The number of hydrogen-bond donors (Lipinski definition) is 1. The van der Waals surface area contributed by atoms with Gasteiger partial charge in [0, 0.05) is 15.9 Å². The van der Waals surface area contributed by atoms with Crippen molar-refractivity contribution in [3.63, 3.8) is 0 Å². The molecule has 0 aliphatic heterocycles. The summed E-state index contributed by atoms with van der Waals surface area (Å²) in [6.07, 6.45) is 9.08. The van der Waals surface area contributed by atoms with Gasteiger partial charge in [0.1, 0.15) is 0 Å². The molecule has 0 atom stereocenters. The Bertz CT molecular complexity index is 364. The molecular weight excluding hydrogens is 282 g/mol. The van der Waals surface area contributed by atoms with E-state index in [9.17, 15) is 0 Å². The van der Waals surface area contributed by atoms with Crippen molar-refractivity contribution in [2.24, 2.45) is 11.7 Å². The highest BCUT2D eigenvalue weighted by molar-refractivity contribution is 9.10. The average Bonchev–Trinajstić information content (AvgIpc) is 2.73. The number of hydrogen-bond acceptors (Lipinski definition) is 2. The van der Waals surface area contributed by atoms with Crippen LogP contribution in [-0.2, 0) is 0 Å². The molecule has 0 unspecified atom stereocenters. The zero-order chi connectivity index (χ0) is 11.4. The second kappa shape index (κ2) is 5.99. The molecule has 1 fully saturated rings. The van der Waals surface area contributed by atoms with Crippen molar-refractivity contribution in [3.05, 3.63) is 26.4 Å². The van der Waals surface area contributed by atoms with Crippen molar-refractivity contribution in [2.75, 3.05) is 6.54 Å². The van der Waals surface area contributed by atoms with Crippen LogP contribution in [0, 0.1) is 5.92 Å². The van der Waals surface area contributed by atoms with E-state index in [1.165, 1.54) is 47.0 Å². The highest BCUT2D eigenvalue weighted by atomic mass is 79.9. The van der Waals surface area contributed by atoms with Gasteiger partial charge in [-0.25, -0.2) is 0 Å². The van der Waals surface area contributed by atoms with Gasteiger partial charge in [-0.05, 0) is 52.2 Å². The first kappa shape index (κ1) is 12.3. The van der Waals surface area contributed by atoms with Crippen LogP contribution < -0.4 is 5.73 Å². The standard InChI is InChI=1S/C13H18BrNS/c14-12-6-7-16-13(12)8-11(9-15)10-4-2-1-3-5-10/h6-8,10H,1-5,9,15H2/b11-8-. The van der Waals surface area contributed by atoms with Crippen LogP contribution >= 0.6 is 27.3 Å². The fraction of sp³-hybridized carbons (Fsp3) is 0.538. The smallest absolute Gasteiger partial charge is 0.0412 e. The molecule has 1 saturated carbocycles. The average molecular weight is 300 g/mol. The first-order valence-electron chi connectivity index (χ1n) is 5.95. The molecule has 1 aliphatic carbocycles. The molecule has 16 heavy (non-hydrogen) atoms. The Balaban J connectivity index is 2.14. The molecule has 0 bridgehead atoms. The molecule has 1 nitrogen and oxygen atoms in total. The van der Waals surface area contributed by atoms with Crippen LogP contribution in [0.15, 0.2) is 21.5 Å². The quantitative estimate of drug-likeness (QED) is 0.878. The number of nitrogens with two attached hydrogens (primary N) is 1. The summed E-state index contributed by atoms with van der Waals surface area (Å²) in [6, 6.07) is 2.10. The van der Waals surface area contributed by atoms with Gasteiger partial charge >= 0.3 is 0 Å². The van der Waals surface area contributed by atoms with Crippen LogP contribution in [0.3, 0.4) is 0 Å². The Morgan fingerprint density at radius 1 is 1.44 bits per heavy atom. The van der Waals surface area contributed by atoms with Crippen LogP contribution in [0.5, 0.6) is 0 Å². The third kappa shape index (κ3) is 2.96. The van der Waals surface area contributed by atoms with Crippen molar-refractivity contribution in [1.82, 2.24) is 0 Å². The Hall–Kier alpha value is -0.120. The third-order valence-corrected chi connectivity index (χ3v) is 5.14.